The number of sulfonamides is 1. The molecule has 21 heavy (non-hydrogen) atoms. The van der Waals surface area contributed by atoms with Crippen molar-refractivity contribution in [2.45, 2.75) is 4.90 Å². The third-order valence-electron chi connectivity index (χ3n) is 2.54. The van der Waals surface area contributed by atoms with E-state index in [0.717, 1.165) is 12.1 Å². The maximum atomic E-state index is 13.6. The van der Waals surface area contributed by atoms with Crippen LogP contribution in [-0.2, 0) is 10.0 Å². The van der Waals surface area contributed by atoms with Gasteiger partial charge < -0.3 is 5.73 Å². The summed E-state index contributed by atoms with van der Waals surface area (Å²) in [7, 11) is -4.06. The topological polar surface area (TPSA) is 72.2 Å². The van der Waals surface area contributed by atoms with E-state index in [4.69, 9.17) is 28.9 Å². The highest BCUT2D eigenvalue weighted by Gasteiger charge is 2.22. The average Bonchev–Trinajstić information content (AvgIpc) is 2.39. The second-order valence-corrected chi connectivity index (χ2v) is 7.31. The lowest BCUT2D eigenvalue weighted by Gasteiger charge is -2.11. The number of halogens is 4. The number of hydrogen-bond donors (Lipinski definition) is 2. The normalized spacial score (nSPS) is 11.4. The number of nitrogens with two attached hydrogens (primary N) is 1. The zero-order chi connectivity index (χ0) is 15.8. The molecule has 0 unspecified atom stereocenters. The van der Waals surface area contributed by atoms with E-state index in [-0.39, 0.29) is 10.7 Å². The first kappa shape index (κ1) is 16.4. The molecular formula is C12H8BrCl2FN2O2S. The van der Waals surface area contributed by atoms with E-state index in [1.165, 1.54) is 12.1 Å². The van der Waals surface area contributed by atoms with Gasteiger partial charge in [-0.1, -0.05) is 23.2 Å². The summed E-state index contributed by atoms with van der Waals surface area (Å²) in [5.74, 6) is -0.989. The molecule has 0 atom stereocenters. The van der Waals surface area contributed by atoms with Crippen LogP contribution in [0.25, 0.3) is 0 Å². The first-order valence-electron chi connectivity index (χ1n) is 5.43. The van der Waals surface area contributed by atoms with E-state index in [0.29, 0.717) is 10.2 Å². The second-order valence-electron chi connectivity index (χ2n) is 4.02. The van der Waals surface area contributed by atoms with Crippen molar-refractivity contribution in [3.63, 3.8) is 0 Å². The highest BCUT2D eigenvalue weighted by molar-refractivity contribution is 9.10. The van der Waals surface area contributed by atoms with Crippen LogP contribution in [0.1, 0.15) is 0 Å². The summed E-state index contributed by atoms with van der Waals surface area (Å²) in [5.41, 5.74) is 6.24. The summed E-state index contributed by atoms with van der Waals surface area (Å²) in [6.07, 6.45) is 0. The summed E-state index contributed by atoms with van der Waals surface area (Å²) in [5, 5.41) is -0.827. The molecule has 0 bridgehead atoms. The summed E-state index contributed by atoms with van der Waals surface area (Å²) in [6.45, 7) is 0. The minimum absolute atomic E-state index is 0.224. The van der Waals surface area contributed by atoms with Gasteiger partial charge in [0.25, 0.3) is 10.0 Å². The van der Waals surface area contributed by atoms with Gasteiger partial charge in [0.2, 0.25) is 0 Å². The number of nitrogens with one attached hydrogen (secondary N) is 1. The van der Waals surface area contributed by atoms with Crippen LogP contribution in [-0.4, -0.2) is 8.42 Å². The van der Waals surface area contributed by atoms with E-state index >= 15 is 0 Å². The smallest absolute Gasteiger partial charge is 0.263 e. The molecule has 0 saturated heterocycles. The molecule has 0 aliphatic heterocycles. The Hall–Kier alpha value is -1.02. The highest BCUT2D eigenvalue weighted by atomic mass is 79.9. The fourth-order valence-electron chi connectivity index (χ4n) is 1.53. The summed E-state index contributed by atoms with van der Waals surface area (Å²) < 4.78 is 40.9. The van der Waals surface area contributed by atoms with Crippen LogP contribution in [0.2, 0.25) is 10.0 Å². The summed E-state index contributed by atoms with van der Waals surface area (Å²) in [4.78, 5) is -0.410. The predicted octanol–water partition coefficient (Wildman–Crippen LogP) is 4.28. The number of nitrogen functional groups attached to an aromatic ring is 1. The number of rotatable bonds is 3. The molecule has 2 aromatic carbocycles. The van der Waals surface area contributed by atoms with Crippen LogP contribution in [0.3, 0.4) is 0 Å². The highest BCUT2D eigenvalue weighted by Crippen LogP contribution is 2.31. The molecule has 112 valence electrons. The molecular weight excluding hydrogens is 406 g/mol. The van der Waals surface area contributed by atoms with Gasteiger partial charge in [0.15, 0.2) is 5.82 Å². The van der Waals surface area contributed by atoms with Crippen LogP contribution in [0.15, 0.2) is 39.7 Å². The molecule has 9 heteroatoms. The SMILES string of the molecule is Nc1cc(NS(=O)(=O)c2ccc(Cl)c(F)c2Cl)ccc1Br. The minimum atomic E-state index is -4.06. The Labute approximate surface area is 139 Å². The predicted molar refractivity (Wildman–Crippen MR) is 85.8 cm³/mol. The van der Waals surface area contributed by atoms with Crippen molar-refractivity contribution in [3.8, 4) is 0 Å². The Kier molecular flexibility index (Phi) is 4.67. The molecule has 0 saturated carbocycles. The average molecular weight is 414 g/mol. The van der Waals surface area contributed by atoms with Crippen molar-refractivity contribution in [1.82, 2.24) is 0 Å². The van der Waals surface area contributed by atoms with E-state index < -0.39 is 25.8 Å². The third-order valence-corrected chi connectivity index (χ3v) is 5.46. The molecule has 0 aliphatic carbocycles. The standard InChI is InChI=1S/C12H8BrCl2FN2O2S/c13-7-2-1-6(5-9(7)17)18-21(19,20)10-4-3-8(14)12(16)11(10)15/h1-5,18H,17H2. The van der Waals surface area contributed by atoms with Gasteiger partial charge >= 0.3 is 0 Å². The van der Waals surface area contributed by atoms with Gasteiger partial charge in [0.1, 0.15) is 4.90 Å². The van der Waals surface area contributed by atoms with Crippen LogP contribution < -0.4 is 10.5 Å². The first-order valence-corrected chi connectivity index (χ1v) is 8.47. The minimum Gasteiger partial charge on any atom is -0.398 e. The van der Waals surface area contributed by atoms with E-state index in [1.54, 1.807) is 6.07 Å². The van der Waals surface area contributed by atoms with Gasteiger partial charge in [-0.2, -0.15) is 0 Å². The summed E-state index contributed by atoms with van der Waals surface area (Å²) in [6, 6.07) is 6.74. The summed E-state index contributed by atoms with van der Waals surface area (Å²) >= 11 is 14.4. The Morgan fingerprint density at radius 1 is 1.19 bits per heavy atom. The molecule has 0 heterocycles. The number of anilines is 2. The molecule has 0 radical (unpaired) electrons. The number of hydrogen-bond acceptors (Lipinski definition) is 3. The molecule has 0 aromatic heterocycles. The van der Waals surface area contributed by atoms with Gasteiger partial charge in [-0.15, -0.1) is 0 Å². The lowest BCUT2D eigenvalue weighted by molar-refractivity contribution is 0.595. The van der Waals surface area contributed by atoms with Crippen molar-refractivity contribution >= 4 is 60.5 Å². The zero-order valence-electron chi connectivity index (χ0n) is 10.2. The fraction of sp³-hybridized carbons (Fsp3) is 0. The van der Waals surface area contributed by atoms with Gasteiger partial charge in [0.05, 0.1) is 15.7 Å². The van der Waals surface area contributed by atoms with E-state index in [2.05, 4.69) is 20.7 Å². The molecule has 0 spiro atoms. The van der Waals surface area contributed by atoms with Crippen molar-refractivity contribution in [2.24, 2.45) is 0 Å². The van der Waals surface area contributed by atoms with Crippen LogP contribution >= 0.6 is 39.1 Å². The lowest BCUT2D eigenvalue weighted by Crippen LogP contribution is -2.14. The van der Waals surface area contributed by atoms with Crippen LogP contribution in [0, 0.1) is 5.82 Å². The maximum absolute atomic E-state index is 13.6. The Bertz CT molecular complexity index is 815. The monoisotopic (exact) mass is 412 g/mol. The molecule has 2 aromatic rings. The van der Waals surface area contributed by atoms with Crippen molar-refractivity contribution in [1.29, 1.82) is 0 Å². The van der Waals surface area contributed by atoms with Crippen molar-refractivity contribution in [3.05, 3.63) is 50.7 Å². The van der Waals surface area contributed by atoms with Crippen LogP contribution in [0.5, 0.6) is 0 Å². The fourth-order valence-corrected chi connectivity index (χ4v) is 3.58. The lowest BCUT2D eigenvalue weighted by atomic mass is 10.3. The Morgan fingerprint density at radius 2 is 1.86 bits per heavy atom. The quantitative estimate of drug-likeness (QED) is 0.582. The second kappa shape index (κ2) is 6.00. The van der Waals surface area contributed by atoms with Gasteiger partial charge in [0, 0.05) is 10.2 Å². The van der Waals surface area contributed by atoms with Gasteiger partial charge in [-0.25, -0.2) is 12.8 Å². The van der Waals surface area contributed by atoms with Gasteiger partial charge in [-0.05, 0) is 46.3 Å². The van der Waals surface area contributed by atoms with Crippen molar-refractivity contribution < 1.29 is 12.8 Å². The zero-order valence-corrected chi connectivity index (χ0v) is 14.1. The first-order chi connectivity index (χ1) is 9.72. The van der Waals surface area contributed by atoms with Gasteiger partial charge in [-0.3, -0.25) is 4.72 Å². The molecule has 2 rings (SSSR count). The molecule has 0 fully saturated rings. The van der Waals surface area contributed by atoms with Crippen LogP contribution in [0.4, 0.5) is 15.8 Å². The van der Waals surface area contributed by atoms with E-state index in [9.17, 15) is 12.8 Å². The third kappa shape index (κ3) is 3.42. The number of benzene rings is 2. The Balaban J connectivity index is 2.43. The Morgan fingerprint density at radius 3 is 2.48 bits per heavy atom. The molecule has 3 N–H and O–H groups in total. The molecule has 0 aliphatic rings. The molecule has 0 amide bonds. The van der Waals surface area contributed by atoms with E-state index in [1.807, 2.05) is 0 Å². The maximum Gasteiger partial charge on any atom is 0.263 e. The van der Waals surface area contributed by atoms with Crippen molar-refractivity contribution in [2.75, 3.05) is 10.5 Å². The molecule has 4 nitrogen and oxygen atoms in total. The largest absolute Gasteiger partial charge is 0.398 e.